The molecule has 0 radical (unpaired) electrons. The predicted octanol–water partition coefficient (Wildman–Crippen LogP) is 2.42. The summed E-state index contributed by atoms with van der Waals surface area (Å²) in [6, 6.07) is 1.74. The Morgan fingerprint density at radius 2 is 2.28 bits per heavy atom. The van der Waals surface area contributed by atoms with Crippen LogP contribution in [0, 0.1) is 5.41 Å². The van der Waals surface area contributed by atoms with Crippen LogP contribution in [-0.2, 0) is 6.54 Å². The molecular weight excluding hydrogens is 252 g/mol. The molecule has 2 heterocycles. The largest absolute Gasteiger partial charge is 0.467 e. The van der Waals surface area contributed by atoms with Crippen LogP contribution in [0.25, 0.3) is 0 Å². The molecule has 18 heavy (non-hydrogen) atoms. The molecule has 4 nitrogen and oxygen atoms in total. The maximum Gasteiger partial charge on any atom is 0.257 e. The van der Waals surface area contributed by atoms with Crippen molar-refractivity contribution in [3.05, 3.63) is 23.7 Å². The van der Waals surface area contributed by atoms with Crippen LogP contribution in [-0.4, -0.2) is 23.9 Å². The summed E-state index contributed by atoms with van der Waals surface area (Å²) in [6.45, 7) is 6.39. The number of likely N-dealkylation sites (tertiary alicyclic amines) is 1. The minimum absolute atomic E-state index is 0. The number of carbonyl (C=O) groups is 1. The maximum atomic E-state index is 12.2. The minimum Gasteiger partial charge on any atom is -0.467 e. The van der Waals surface area contributed by atoms with Crippen LogP contribution in [0.3, 0.4) is 0 Å². The summed E-state index contributed by atoms with van der Waals surface area (Å²) in [5.41, 5.74) is 6.30. The molecular formula is C13H21ClN2O2. The first-order valence-electron chi connectivity index (χ1n) is 6.08. The Balaban J connectivity index is 0.00000162. The van der Waals surface area contributed by atoms with E-state index in [1.54, 1.807) is 6.07 Å². The van der Waals surface area contributed by atoms with E-state index in [1.807, 2.05) is 4.90 Å². The van der Waals surface area contributed by atoms with Crippen LogP contribution in [0.2, 0.25) is 0 Å². The molecule has 0 aromatic carbocycles. The van der Waals surface area contributed by atoms with Crippen LogP contribution in [0.15, 0.2) is 16.7 Å². The second-order valence-corrected chi connectivity index (χ2v) is 5.50. The molecule has 1 amide bonds. The van der Waals surface area contributed by atoms with E-state index in [0.29, 0.717) is 17.9 Å². The van der Waals surface area contributed by atoms with Gasteiger partial charge in [0.1, 0.15) is 12.0 Å². The molecule has 1 saturated heterocycles. The first kappa shape index (κ1) is 15.1. The second-order valence-electron chi connectivity index (χ2n) is 5.50. The molecule has 0 unspecified atom stereocenters. The lowest BCUT2D eigenvalue weighted by Gasteiger charge is -2.37. The van der Waals surface area contributed by atoms with Gasteiger partial charge in [0.2, 0.25) is 0 Å². The molecule has 1 fully saturated rings. The van der Waals surface area contributed by atoms with Crippen molar-refractivity contribution >= 4 is 18.3 Å². The quantitative estimate of drug-likeness (QED) is 0.899. The molecule has 1 aliphatic rings. The maximum absolute atomic E-state index is 12.2. The van der Waals surface area contributed by atoms with Crippen LogP contribution in [0.5, 0.6) is 0 Å². The number of halogens is 1. The molecule has 0 saturated carbocycles. The number of carbonyl (C=O) groups excluding carboxylic acids is 1. The number of nitrogens with zero attached hydrogens (tertiary/aromatic N) is 1. The van der Waals surface area contributed by atoms with Crippen LogP contribution in [0.4, 0.5) is 0 Å². The summed E-state index contributed by atoms with van der Waals surface area (Å²) in [7, 11) is 0. The summed E-state index contributed by atoms with van der Waals surface area (Å²) in [4.78, 5) is 14.2. The summed E-state index contributed by atoms with van der Waals surface area (Å²) >= 11 is 0. The molecule has 1 aromatic rings. The van der Waals surface area contributed by atoms with E-state index in [4.69, 9.17) is 10.2 Å². The zero-order valence-corrected chi connectivity index (χ0v) is 11.8. The highest BCUT2D eigenvalue weighted by atomic mass is 35.5. The summed E-state index contributed by atoms with van der Waals surface area (Å²) < 4.78 is 5.21. The average Bonchev–Trinajstić information content (AvgIpc) is 2.75. The number of hydrogen-bond acceptors (Lipinski definition) is 3. The molecule has 2 N–H and O–H groups in total. The summed E-state index contributed by atoms with van der Waals surface area (Å²) in [6.07, 6.45) is 3.75. The highest BCUT2D eigenvalue weighted by molar-refractivity contribution is 5.94. The van der Waals surface area contributed by atoms with Crippen molar-refractivity contribution in [2.24, 2.45) is 11.1 Å². The smallest absolute Gasteiger partial charge is 0.257 e. The number of rotatable bonds is 2. The van der Waals surface area contributed by atoms with E-state index < -0.39 is 0 Å². The van der Waals surface area contributed by atoms with Gasteiger partial charge >= 0.3 is 0 Å². The van der Waals surface area contributed by atoms with Gasteiger partial charge in [-0.2, -0.15) is 0 Å². The van der Waals surface area contributed by atoms with Crippen LogP contribution in [0.1, 0.15) is 42.8 Å². The highest BCUT2D eigenvalue weighted by Gasteiger charge is 2.30. The topological polar surface area (TPSA) is 59.5 Å². The Kier molecular flexibility index (Phi) is 4.82. The third-order valence-electron chi connectivity index (χ3n) is 3.29. The number of nitrogens with two attached hydrogens (primary N) is 1. The van der Waals surface area contributed by atoms with E-state index in [1.165, 1.54) is 12.7 Å². The fourth-order valence-corrected chi connectivity index (χ4v) is 2.38. The van der Waals surface area contributed by atoms with Crippen molar-refractivity contribution in [1.82, 2.24) is 4.90 Å². The number of piperidine rings is 1. The van der Waals surface area contributed by atoms with Crippen molar-refractivity contribution in [3.63, 3.8) is 0 Å². The highest BCUT2D eigenvalue weighted by Crippen LogP contribution is 2.29. The molecule has 1 aliphatic heterocycles. The van der Waals surface area contributed by atoms with Gasteiger partial charge in [0.05, 0.1) is 12.1 Å². The van der Waals surface area contributed by atoms with Crippen LogP contribution < -0.4 is 5.73 Å². The van der Waals surface area contributed by atoms with Gasteiger partial charge in [-0.3, -0.25) is 4.79 Å². The third-order valence-corrected chi connectivity index (χ3v) is 3.29. The second kappa shape index (κ2) is 5.76. The Morgan fingerprint density at radius 3 is 2.83 bits per heavy atom. The predicted molar refractivity (Wildman–Crippen MR) is 72.8 cm³/mol. The van der Waals surface area contributed by atoms with Crippen molar-refractivity contribution in [1.29, 1.82) is 0 Å². The zero-order valence-electron chi connectivity index (χ0n) is 10.9. The number of amides is 1. The normalized spacial score (nSPS) is 18.3. The molecule has 102 valence electrons. The fraction of sp³-hybridized carbons (Fsp3) is 0.615. The Hall–Kier alpha value is -1.00. The zero-order chi connectivity index (χ0) is 12.5. The lowest BCUT2D eigenvalue weighted by Crippen LogP contribution is -2.43. The summed E-state index contributed by atoms with van der Waals surface area (Å²) in [5.74, 6) is 0.714. The lowest BCUT2D eigenvalue weighted by atomic mass is 9.84. The van der Waals surface area contributed by atoms with Crippen molar-refractivity contribution in [2.75, 3.05) is 13.1 Å². The van der Waals surface area contributed by atoms with Gasteiger partial charge in [-0.15, -0.1) is 12.4 Å². The molecule has 0 aliphatic carbocycles. The van der Waals surface area contributed by atoms with Gasteiger partial charge in [0, 0.05) is 13.1 Å². The molecule has 0 bridgehead atoms. The van der Waals surface area contributed by atoms with Gasteiger partial charge in [-0.05, 0) is 24.3 Å². The third kappa shape index (κ3) is 3.27. The first-order valence-corrected chi connectivity index (χ1v) is 6.08. The average molecular weight is 273 g/mol. The Labute approximate surface area is 114 Å². The van der Waals surface area contributed by atoms with E-state index in [0.717, 1.165) is 19.5 Å². The van der Waals surface area contributed by atoms with Crippen LogP contribution >= 0.6 is 12.4 Å². The van der Waals surface area contributed by atoms with Gasteiger partial charge in [-0.1, -0.05) is 13.8 Å². The Bertz CT molecular complexity index is 415. The van der Waals surface area contributed by atoms with E-state index in [-0.39, 0.29) is 23.7 Å². The van der Waals surface area contributed by atoms with Crippen molar-refractivity contribution < 1.29 is 9.21 Å². The number of hydrogen-bond donors (Lipinski definition) is 1. The van der Waals surface area contributed by atoms with E-state index in [9.17, 15) is 4.79 Å². The van der Waals surface area contributed by atoms with E-state index >= 15 is 0 Å². The Morgan fingerprint density at radius 1 is 1.56 bits per heavy atom. The molecule has 2 rings (SSSR count). The van der Waals surface area contributed by atoms with Gasteiger partial charge in [0.25, 0.3) is 5.91 Å². The standard InChI is InChI=1S/C13H20N2O2.ClH/c1-13(2)4-3-5-15(9-13)12(16)10-6-11(7-14)17-8-10;/h6,8H,3-5,7,9,14H2,1-2H3;1H. The van der Waals surface area contributed by atoms with Gasteiger partial charge < -0.3 is 15.1 Å². The summed E-state index contributed by atoms with van der Waals surface area (Å²) in [5, 5.41) is 0. The number of furan rings is 1. The van der Waals surface area contributed by atoms with Crippen molar-refractivity contribution in [3.8, 4) is 0 Å². The minimum atomic E-state index is 0. The molecule has 0 atom stereocenters. The fourth-order valence-electron chi connectivity index (χ4n) is 2.38. The molecule has 0 spiro atoms. The SMILES string of the molecule is CC1(C)CCCN(C(=O)c2coc(CN)c2)C1.Cl. The van der Waals surface area contributed by atoms with Gasteiger partial charge in [-0.25, -0.2) is 0 Å². The molecule has 1 aromatic heterocycles. The van der Waals surface area contributed by atoms with Gasteiger partial charge in [0.15, 0.2) is 0 Å². The van der Waals surface area contributed by atoms with Crippen molar-refractivity contribution in [2.45, 2.75) is 33.2 Å². The van der Waals surface area contributed by atoms with E-state index in [2.05, 4.69) is 13.8 Å². The first-order chi connectivity index (χ1) is 8.02. The lowest BCUT2D eigenvalue weighted by molar-refractivity contribution is 0.0582. The monoisotopic (exact) mass is 272 g/mol. The molecule has 5 heteroatoms.